The number of hydrogen-bond donors (Lipinski definition) is 0. The van der Waals surface area contributed by atoms with Crippen molar-refractivity contribution in [2.24, 2.45) is 5.92 Å². The Kier molecular flexibility index (Phi) is 7.63. The molecule has 0 radical (unpaired) electrons. The number of carbonyl (C=O) groups is 1. The van der Waals surface area contributed by atoms with Gasteiger partial charge in [-0.2, -0.15) is 13.2 Å². The van der Waals surface area contributed by atoms with Gasteiger partial charge < -0.3 is 9.29 Å². The van der Waals surface area contributed by atoms with Gasteiger partial charge in [0.1, 0.15) is 11.5 Å². The minimum Gasteiger partial charge on any atom is -0.741 e. The fraction of sp³-hybridized carbons (Fsp3) is 0.917. The number of halogens is 3. The Bertz CT molecular complexity index is 452. The third kappa shape index (κ3) is 6.84. The summed E-state index contributed by atoms with van der Waals surface area (Å²) in [5, 5.41) is 0. The Labute approximate surface area is 130 Å². The van der Waals surface area contributed by atoms with Crippen molar-refractivity contribution in [2.75, 3.05) is 30.5 Å². The number of ether oxygens (including phenoxy) is 1. The molecular formula is C12H19F3O5S2. The van der Waals surface area contributed by atoms with Crippen molar-refractivity contribution in [1.29, 1.82) is 0 Å². The largest absolute Gasteiger partial charge is 0.741 e. The third-order valence-corrected chi connectivity index (χ3v) is 6.22. The zero-order valence-corrected chi connectivity index (χ0v) is 13.6. The number of alkyl halides is 3. The van der Waals surface area contributed by atoms with E-state index in [1.165, 1.54) is 12.8 Å². The van der Waals surface area contributed by atoms with Crippen molar-refractivity contribution >= 4 is 26.8 Å². The average Bonchev–Trinajstić information content (AvgIpc) is 2.92. The Morgan fingerprint density at radius 3 is 2.05 bits per heavy atom. The first-order valence-corrected chi connectivity index (χ1v) is 10.0. The van der Waals surface area contributed by atoms with E-state index in [4.69, 9.17) is 17.7 Å². The van der Waals surface area contributed by atoms with Crippen molar-refractivity contribution in [3.8, 4) is 0 Å². The number of hydrogen-bond acceptors (Lipinski definition) is 5. The van der Waals surface area contributed by atoms with Crippen LogP contribution in [0, 0.1) is 5.92 Å². The molecule has 1 saturated heterocycles. The highest BCUT2D eigenvalue weighted by Gasteiger charge is 2.37. The molecule has 1 aliphatic heterocycles. The number of Topliss-reactive ketones (excluding diaryl/α,β-unsaturated/α-hetero) is 1. The standard InChI is InChI=1S/C11H19O2S.CHF3O3S/c12-11(10-3-1-2-4-10)9-14-7-5-13-6-8-14;2-1(3,4)8(5,6)7/h10H,1-9H2;(H,5,6,7)/q+1;/p-1. The molecule has 10 heteroatoms. The van der Waals surface area contributed by atoms with Gasteiger partial charge in [-0.05, 0) is 23.7 Å². The number of ketones is 1. The Hall–Kier alpha value is -0.320. The fourth-order valence-corrected chi connectivity index (χ4v) is 4.11. The molecule has 5 nitrogen and oxygen atoms in total. The summed E-state index contributed by atoms with van der Waals surface area (Å²) in [5.41, 5.74) is -5.65. The Morgan fingerprint density at radius 1 is 1.18 bits per heavy atom. The van der Waals surface area contributed by atoms with E-state index < -0.39 is 15.6 Å². The van der Waals surface area contributed by atoms with Gasteiger partial charge in [0.05, 0.1) is 13.2 Å². The molecular weight excluding hydrogens is 345 g/mol. The van der Waals surface area contributed by atoms with Gasteiger partial charge >= 0.3 is 5.51 Å². The SMILES string of the molecule is O=C(C[S+]1CCOCC1)C1CCCC1.O=S(=O)([O-])C(F)(F)F. The van der Waals surface area contributed by atoms with Gasteiger partial charge in [-0.15, -0.1) is 0 Å². The van der Waals surface area contributed by atoms with E-state index in [0.29, 0.717) is 22.6 Å². The first-order chi connectivity index (χ1) is 10.1. The maximum absolute atomic E-state index is 11.9. The van der Waals surface area contributed by atoms with Gasteiger partial charge in [0.15, 0.2) is 21.7 Å². The molecule has 0 atom stereocenters. The minimum absolute atomic E-state index is 0.355. The molecule has 0 aromatic carbocycles. The zero-order valence-electron chi connectivity index (χ0n) is 11.9. The van der Waals surface area contributed by atoms with Crippen LogP contribution in [0.5, 0.6) is 0 Å². The number of carbonyl (C=O) groups excluding carboxylic acids is 1. The monoisotopic (exact) mass is 364 g/mol. The summed E-state index contributed by atoms with van der Waals surface area (Å²) in [7, 11) is -5.74. The smallest absolute Gasteiger partial charge is 0.485 e. The van der Waals surface area contributed by atoms with Gasteiger partial charge in [0.2, 0.25) is 0 Å². The summed E-state index contributed by atoms with van der Waals surface area (Å²) in [6.07, 6.45) is 4.86. The average molecular weight is 364 g/mol. The van der Waals surface area contributed by atoms with Crippen molar-refractivity contribution in [3.05, 3.63) is 0 Å². The van der Waals surface area contributed by atoms with E-state index in [1.54, 1.807) is 0 Å². The summed E-state index contributed by atoms with van der Waals surface area (Å²) in [5.74, 6) is 4.07. The van der Waals surface area contributed by atoms with Crippen LogP contribution in [0.4, 0.5) is 13.2 Å². The van der Waals surface area contributed by atoms with Crippen LogP contribution < -0.4 is 0 Å². The molecule has 1 saturated carbocycles. The molecule has 0 N–H and O–H groups in total. The molecule has 0 unspecified atom stereocenters. The molecule has 0 amide bonds. The highest BCUT2D eigenvalue weighted by molar-refractivity contribution is 7.97. The van der Waals surface area contributed by atoms with E-state index >= 15 is 0 Å². The van der Waals surface area contributed by atoms with E-state index in [-0.39, 0.29) is 0 Å². The molecule has 2 rings (SSSR count). The molecule has 22 heavy (non-hydrogen) atoms. The quantitative estimate of drug-likeness (QED) is 0.430. The Balaban J connectivity index is 0.000000261. The summed E-state index contributed by atoms with van der Waals surface area (Å²) in [4.78, 5) is 11.9. The molecule has 0 aromatic heterocycles. The maximum Gasteiger partial charge on any atom is 0.485 e. The van der Waals surface area contributed by atoms with Gasteiger partial charge in [0.25, 0.3) is 0 Å². The summed E-state index contributed by atoms with van der Waals surface area (Å²) in [6.45, 7) is 1.75. The van der Waals surface area contributed by atoms with Crippen LogP contribution in [0.2, 0.25) is 0 Å². The van der Waals surface area contributed by atoms with Gasteiger partial charge in [-0.25, -0.2) is 8.42 Å². The van der Waals surface area contributed by atoms with Crippen LogP contribution in [0.3, 0.4) is 0 Å². The Morgan fingerprint density at radius 2 is 1.64 bits per heavy atom. The topological polar surface area (TPSA) is 83.5 Å². The predicted octanol–water partition coefficient (Wildman–Crippen LogP) is 1.45. The molecule has 2 fully saturated rings. The second kappa shape index (κ2) is 8.51. The molecule has 1 aliphatic carbocycles. The maximum atomic E-state index is 11.9. The van der Waals surface area contributed by atoms with Crippen LogP contribution in [0.1, 0.15) is 25.7 Å². The van der Waals surface area contributed by atoms with Crippen molar-refractivity contribution < 1.29 is 35.7 Å². The van der Waals surface area contributed by atoms with Gasteiger partial charge in [-0.1, -0.05) is 12.8 Å². The van der Waals surface area contributed by atoms with Crippen molar-refractivity contribution in [1.82, 2.24) is 0 Å². The van der Waals surface area contributed by atoms with Gasteiger partial charge in [-0.3, -0.25) is 4.79 Å². The normalized spacial score (nSPS) is 21.3. The summed E-state index contributed by atoms with van der Waals surface area (Å²) >= 11 is 0. The van der Waals surface area contributed by atoms with E-state index in [0.717, 1.165) is 43.3 Å². The summed E-state index contributed by atoms with van der Waals surface area (Å²) in [6, 6.07) is 0. The molecule has 0 aromatic rings. The third-order valence-electron chi connectivity index (χ3n) is 3.47. The molecule has 130 valence electrons. The zero-order chi connectivity index (χ0) is 16.8. The lowest BCUT2D eigenvalue weighted by Crippen LogP contribution is -2.33. The second-order valence-corrected chi connectivity index (χ2v) is 8.83. The predicted molar refractivity (Wildman–Crippen MR) is 75.5 cm³/mol. The fourth-order valence-electron chi connectivity index (χ4n) is 2.27. The van der Waals surface area contributed by atoms with Crippen LogP contribution in [0.15, 0.2) is 0 Å². The van der Waals surface area contributed by atoms with Crippen LogP contribution in [0.25, 0.3) is 0 Å². The summed E-state index contributed by atoms with van der Waals surface area (Å²) < 4.78 is 64.2. The van der Waals surface area contributed by atoms with Crippen LogP contribution in [-0.4, -0.2) is 54.7 Å². The van der Waals surface area contributed by atoms with Crippen molar-refractivity contribution in [3.63, 3.8) is 0 Å². The first kappa shape index (κ1) is 19.7. The van der Waals surface area contributed by atoms with Crippen molar-refractivity contribution in [2.45, 2.75) is 31.2 Å². The second-order valence-electron chi connectivity index (χ2n) is 5.12. The molecule has 2 aliphatic rings. The van der Waals surface area contributed by atoms with E-state index in [2.05, 4.69) is 0 Å². The lowest BCUT2D eigenvalue weighted by molar-refractivity contribution is -0.120. The van der Waals surface area contributed by atoms with E-state index in [1.807, 2.05) is 0 Å². The lowest BCUT2D eigenvalue weighted by atomic mass is 10.0. The van der Waals surface area contributed by atoms with E-state index in [9.17, 15) is 18.0 Å². The van der Waals surface area contributed by atoms with Crippen LogP contribution in [-0.2, 0) is 30.5 Å². The van der Waals surface area contributed by atoms with Gasteiger partial charge in [0, 0.05) is 5.92 Å². The number of rotatable bonds is 3. The molecule has 0 bridgehead atoms. The molecule has 0 spiro atoms. The highest BCUT2D eigenvalue weighted by Crippen LogP contribution is 2.26. The first-order valence-electron chi connectivity index (χ1n) is 6.88. The highest BCUT2D eigenvalue weighted by atomic mass is 32.2. The molecule has 1 heterocycles. The lowest BCUT2D eigenvalue weighted by Gasteiger charge is -2.15. The minimum atomic E-state index is -6.09. The van der Waals surface area contributed by atoms with Crippen LogP contribution >= 0.6 is 0 Å².